The summed E-state index contributed by atoms with van der Waals surface area (Å²) in [5, 5.41) is 37.7. The molecule has 0 saturated carbocycles. The lowest BCUT2D eigenvalue weighted by atomic mass is 9.85. The van der Waals surface area contributed by atoms with E-state index in [1.807, 2.05) is 48.5 Å². The Bertz CT molecular complexity index is 5300. The van der Waals surface area contributed by atoms with Gasteiger partial charge >= 0.3 is 0 Å². The van der Waals surface area contributed by atoms with Gasteiger partial charge in [-0.1, -0.05) is 158 Å². The predicted octanol–water partition coefficient (Wildman–Crippen LogP) is 19.5. The van der Waals surface area contributed by atoms with Crippen LogP contribution in [0.4, 0.5) is 0 Å². The van der Waals surface area contributed by atoms with Gasteiger partial charge in [0.1, 0.15) is 34.5 Å². The molecule has 0 aliphatic heterocycles. The summed E-state index contributed by atoms with van der Waals surface area (Å²) in [5.74, 6) is 0. The number of thiophene rings is 2. The maximum absolute atomic E-state index is 12.4. The van der Waals surface area contributed by atoms with Crippen molar-refractivity contribution in [2.45, 2.75) is 0 Å². The van der Waals surface area contributed by atoms with Crippen molar-refractivity contribution in [3.05, 3.63) is 217 Å². The lowest BCUT2D eigenvalue weighted by Gasteiger charge is -2.25. The number of hydrogen-bond donors (Lipinski definition) is 0. The van der Waals surface area contributed by atoms with Gasteiger partial charge < -0.3 is 18.0 Å². The molecule has 6 nitrogen and oxygen atoms in total. The summed E-state index contributed by atoms with van der Waals surface area (Å²) in [7, 11) is 0. The molecule has 0 unspecified atom stereocenters. The second kappa shape index (κ2) is 15.3. The molecule has 0 bridgehead atoms. The average Bonchev–Trinajstić information content (AvgIpc) is 4.35. The Morgan fingerprint density at radius 1 is 0.329 bits per heavy atom. The van der Waals surface area contributed by atoms with Gasteiger partial charge in [0, 0.05) is 106 Å². The molecule has 76 heavy (non-hydrogen) atoms. The Labute approximate surface area is 439 Å². The molecule has 11 aromatic carbocycles. The Morgan fingerprint density at radius 2 is 0.724 bits per heavy atom. The van der Waals surface area contributed by atoms with E-state index in [4.69, 9.17) is 8.83 Å². The quantitative estimate of drug-likeness (QED) is 0.176. The molecule has 350 valence electrons. The van der Waals surface area contributed by atoms with E-state index in [0.717, 1.165) is 81.9 Å². The second-order valence-electron chi connectivity index (χ2n) is 19.6. The normalized spacial score (nSPS) is 12.2. The van der Waals surface area contributed by atoms with E-state index in [-0.39, 0.29) is 0 Å². The number of para-hydroxylation sites is 6. The first kappa shape index (κ1) is 41.5. The van der Waals surface area contributed by atoms with Crippen molar-refractivity contribution >= 4 is 151 Å². The SMILES string of the molecule is N#Cc1c(-c2cccc3c2oc2ccccc23)c(C#N)c(-n2c3ccccc3c3c4sc5ccccc5c4ccc32)c(-c2cccc3c2oc2ccccc23)c1-n1c2ccccc2c2c3sc4ccccc4c3ccc21. The fourth-order valence-corrected chi connectivity index (χ4v) is 15.3. The van der Waals surface area contributed by atoms with Gasteiger partial charge in [-0.2, -0.15) is 10.5 Å². The number of fused-ring (bicyclic) bond motifs is 20. The van der Waals surface area contributed by atoms with E-state index in [1.165, 1.54) is 40.3 Å². The van der Waals surface area contributed by atoms with Crippen LogP contribution in [-0.2, 0) is 0 Å². The molecule has 17 aromatic rings. The van der Waals surface area contributed by atoms with Crippen LogP contribution in [0.1, 0.15) is 11.1 Å². The molecule has 17 rings (SSSR count). The van der Waals surface area contributed by atoms with Gasteiger partial charge in [-0.15, -0.1) is 22.7 Å². The van der Waals surface area contributed by atoms with Crippen molar-refractivity contribution in [2.24, 2.45) is 0 Å². The third-order valence-corrected chi connectivity index (χ3v) is 18.2. The van der Waals surface area contributed by atoms with Crippen LogP contribution < -0.4 is 0 Å². The zero-order valence-corrected chi connectivity index (χ0v) is 41.7. The van der Waals surface area contributed by atoms with Crippen LogP contribution in [0.2, 0.25) is 0 Å². The minimum atomic E-state index is 0.336. The van der Waals surface area contributed by atoms with E-state index in [9.17, 15) is 10.5 Å². The first-order valence-corrected chi connectivity index (χ1v) is 26.8. The standard InChI is InChI=1S/C68H34N4O2S2/c69-35-49-59(47-23-13-21-41-37-15-3-9-27-55(37)73-65(41)47)50(36-70)64(72-52-26-8-2-20-46(52)61-54(72)34-32-44-40-18-6-12-30-58(40)76-68(44)61)62(48-24-14-22-42-38-16-4-10-28-56(38)74-66(42)48)63(49)71-51-25-7-1-19-45(51)60-53(71)33-31-43-39-17-5-11-29-57(39)75-67(43)60/h1-34H. The van der Waals surface area contributed by atoms with E-state index in [2.05, 4.69) is 179 Å². The van der Waals surface area contributed by atoms with Crippen LogP contribution in [0.25, 0.3) is 161 Å². The van der Waals surface area contributed by atoms with Crippen LogP contribution in [0.5, 0.6) is 0 Å². The van der Waals surface area contributed by atoms with Crippen LogP contribution in [0.15, 0.2) is 215 Å². The Hall–Kier alpha value is -9.96. The van der Waals surface area contributed by atoms with Crippen LogP contribution in [0.3, 0.4) is 0 Å². The smallest absolute Gasteiger partial charge is 0.143 e. The summed E-state index contributed by atoms with van der Waals surface area (Å²) in [4.78, 5) is 0. The molecule has 0 saturated heterocycles. The average molecular weight is 1000 g/mol. The molecular weight excluding hydrogens is 969 g/mol. The topological polar surface area (TPSA) is 83.7 Å². The van der Waals surface area contributed by atoms with Crippen molar-refractivity contribution in [1.29, 1.82) is 10.5 Å². The minimum absolute atomic E-state index is 0.336. The summed E-state index contributed by atoms with van der Waals surface area (Å²) in [6, 6.07) is 77.4. The van der Waals surface area contributed by atoms with Crippen molar-refractivity contribution in [3.8, 4) is 45.8 Å². The van der Waals surface area contributed by atoms with Gasteiger partial charge in [0.15, 0.2) is 0 Å². The molecule has 0 aliphatic carbocycles. The highest BCUT2D eigenvalue weighted by atomic mass is 32.1. The highest BCUT2D eigenvalue weighted by Gasteiger charge is 2.35. The Morgan fingerprint density at radius 3 is 1.20 bits per heavy atom. The number of aromatic nitrogens is 2. The number of hydrogen-bond acceptors (Lipinski definition) is 6. The van der Waals surface area contributed by atoms with Gasteiger partial charge in [-0.25, -0.2) is 0 Å². The molecule has 8 heteroatoms. The second-order valence-corrected chi connectivity index (χ2v) is 21.7. The van der Waals surface area contributed by atoms with Gasteiger partial charge in [-0.05, 0) is 48.5 Å². The van der Waals surface area contributed by atoms with Gasteiger partial charge in [0.25, 0.3) is 0 Å². The lowest BCUT2D eigenvalue weighted by Crippen LogP contribution is -2.11. The highest BCUT2D eigenvalue weighted by Crippen LogP contribution is 2.54. The number of rotatable bonds is 4. The van der Waals surface area contributed by atoms with Crippen molar-refractivity contribution in [1.82, 2.24) is 9.13 Å². The first-order chi connectivity index (χ1) is 37.7. The van der Waals surface area contributed by atoms with E-state index < -0.39 is 0 Å². The number of nitriles is 2. The van der Waals surface area contributed by atoms with Crippen LogP contribution in [0, 0.1) is 22.7 Å². The number of nitrogens with zero attached hydrogens (tertiary/aromatic N) is 4. The summed E-state index contributed by atoms with van der Waals surface area (Å²) in [6.45, 7) is 0. The molecule has 6 aromatic heterocycles. The molecule has 0 fully saturated rings. The van der Waals surface area contributed by atoms with Crippen molar-refractivity contribution in [3.63, 3.8) is 0 Å². The fraction of sp³-hybridized carbons (Fsp3) is 0. The van der Waals surface area contributed by atoms with E-state index >= 15 is 0 Å². The number of furan rings is 2. The molecule has 0 spiro atoms. The minimum Gasteiger partial charge on any atom is -0.455 e. The molecule has 6 heterocycles. The maximum atomic E-state index is 12.4. The summed E-state index contributed by atoms with van der Waals surface area (Å²) >= 11 is 3.59. The fourth-order valence-electron chi connectivity index (χ4n) is 12.8. The summed E-state index contributed by atoms with van der Waals surface area (Å²) < 4.78 is 23.3. The van der Waals surface area contributed by atoms with Crippen molar-refractivity contribution in [2.75, 3.05) is 0 Å². The first-order valence-electron chi connectivity index (χ1n) is 25.2. The Balaban J connectivity index is 1.16. The van der Waals surface area contributed by atoms with E-state index in [1.54, 1.807) is 22.7 Å². The number of benzene rings is 11. The predicted molar refractivity (Wildman–Crippen MR) is 316 cm³/mol. The third-order valence-electron chi connectivity index (χ3n) is 15.8. The molecule has 0 amide bonds. The summed E-state index contributed by atoms with van der Waals surface area (Å²) in [6.07, 6.45) is 0. The van der Waals surface area contributed by atoms with E-state index in [0.29, 0.717) is 50.4 Å². The largest absolute Gasteiger partial charge is 0.455 e. The van der Waals surface area contributed by atoms with Crippen LogP contribution in [-0.4, -0.2) is 9.13 Å². The monoisotopic (exact) mass is 1000 g/mol. The molecule has 0 N–H and O–H groups in total. The maximum Gasteiger partial charge on any atom is 0.143 e. The lowest BCUT2D eigenvalue weighted by molar-refractivity contribution is 0.669. The Kier molecular flexibility index (Phi) is 8.36. The van der Waals surface area contributed by atoms with Crippen LogP contribution >= 0.6 is 22.7 Å². The molecule has 0 aliphatic rings. The zero-order valence-electron chi connectivity index (χ0n) is 40.1. The zero-order chi connectivity index (χ0) is 49.9. The van der Waals surface area contributed by atoms with Gasteiger partial charge in [-0.3, -0.25) is 0 Å². The molecule has 0 atom stereocenters. The van der Waals surface area contributed by atoms with Crippen molar-refractivity contribution < 1.29 is 8.83 Å². The molecule has 0 radical (unpaired) electrons. The highest BCUT2D eigenvalue weighted by molar-refractivity contribution is 7.27. The molecular formula is C68H34N4O2S2. The third kappa shape index (κ3) is 5.35. The van der Waals surface area contributed by atoms with Gasteiger partial charge in [0.05, 0.1) is 44.6 Å². The summed E-state index contributed by atoms with van der Waals surface area (Å²) in [5.41, 5.74) is 11.0. The van der Waals surface area contributed by atoms with Gasteiger partial charge in [0.2, 0.25) is 0 Å².